The van der Waals surface area contributed by atoms with Gasteiger partial charge in [-0.05, 0) is 78.2 Å². The van der Waals surface area contributed by atoms with Crippen LogP contribution in [0.15, 0.2) is 54.6 Å². The molecule has 0 aromatic heterocycles. The summed E-state index contributed by atoms with van der Waals surface area (Å²) >= 11 is 0. The average Bonchev–Trinajstić information content (AvgIpc) is 3.11. The zero-order valence-electron chi connectivity index (χ0n) is 16.8. The summed E-state index contributed by atoms with van der Waals surface area (Å²) in [5.41, 5.74) is 13.6. The molecule has 7 rings (SSSR count). The van der Waals surface area contributed by atoms with Crippen LogP contribution in [0.2, 0.25) is 0 Å². The van der Waals surface area contributed by atoms with E-state index in [1.54, 1.807) is 16.6 Å². The minimum absolute atomic E-state index is 0.370. The molecule has 0 fully saturated rings. The van der Waals surface area contributed by atoms with Gasteiger partial charge in [0, 0.05) is 35.8 Å². The molecule has 0 spiro atoms. The molecule has 0 amide bonds. The predicted molar refractivity (Wildman–Crippen MR) is 124 cm³/mol. The molecule has 3 heteroatoms. The minimum Gasteiger partial charge on any atom is -0.342 e. The molecule has 0 saturated carbocycles. The van der Waals surface area contributed by atoms with Crippen molar-refractivity contribution >= 4 is 45.9 Å². The van der Waals surface area contributed by atoms with E-state index in [0.29, 0.717) is 6.71 Å². The Morgan fingerprint density at radius 1 is 0.586 bits per heavy atom. The molecule has 0 atom stereocenters. The van der Waals surface area contributed by atoms with Gasteiger partial charge in [-0.15, -0.1) is 0 Å². The third-order valence-electron chi connectivity index (χ3n) is 7.55. The monoisotopic (exact) mass is 376 g/mol. The summed E-state index contributed by atoms with van der Waals surface area (Å²) < 4.78 is 0. The average molecular weight is 376 g/mol. The zero-order chi connectivity index (χ0) is 18.9. The van der Waals surface area contributed by atoms with Gasteiger partial charge in [0.05, 0.1) is 0 Å². The third-order valence-corrected chi connectivity index (χ3v) is 7.55. The van der Waals surface area contributed by atoms with Crippen molar-refractivity contribution in [2.45, 2.75) is 38.5 Å². The highest BCUT2D eigenvalue weighted by Gasteiger charge is 2.43. The van der Waals surface area contributed by atoms with Gasteiger partial charge in [0.2, 0.25) is 0 Å². The Labute approximate surface area is 173 Å². The van der Waals surface area contributed by atoms with Gasteiger partial charge in [0.15, 0.2) is 0 Å². The van der Waals surface area contributed by atoms with E-state index in [2.05, 4.69) is 64.4 Å². The highest BCUT2D eigenvalue weighted by Crippen LogP contribution is 2.41. The minimum atomic E-state index is 0.370. The second kappa shape index (κ2) is 5.92. The number of para-hydroxylation sites is 2. The molecule has 4 aliphatic rings. The molecule has 4 heterocycles. The van der Waals surface area contributed by atoms with Crippen LogP contribution in [0.25, 0.3) is 0 Å². The van der Waals surface area contributed by atoms with Crippen molar-refractivity contribution in [1.29, 1.82) is 0 Å². The first-order valence-corrected chi connectivity index (χ1v) is 11.3. The van der Waals surface area contributed by atoms with Gasteiger partial charge in [-0.2, -0.15) is 0 Å². The Balaban J connectivity index is 1.60. The fraction of sp³-hybridized carbons (Fsp3) is 0.308. The number of hydrogen-bond acceptors (Lipinski definition) is 2. The number of anilines is 4. The fourth-order valence-electron chi connectivity index (χ4n) is 6.41. The normalized spacial score (nSPS) is 18.4. The van der Waals surface area contributed by atoms with Crippen molar-refractivity contribution in [3.8, 4) is 0 Å². The van der Waals surface area contributed by atoms with E-state index in [0.717, 1.165) is 13.1 Å². The van der Waals surface area contributed by atoms with Crippen molar-refractivity contribution in [1.82, 2.24) is 0 Å². The summed E-state index contributed by atoms with van der Waals surface area (Å²) in [5, 5.41) is 0. The summed E-state index contributed by atoms with van der Waals surface area (Å²) in [6, 6.07) is 21.2. The molecule has 4 aliphatic heterocycles. The number of rotatable bonds is 0. The van der Waals surface area contributed by atoms with Crippen molar-refractivity contribution in [2.75, 3.05) is 22.9 Å². The SMILES string of the molecule is c1cc2c3c(c1)B1c4cccc5c4N(CCCC5)c4cccc(c41)N3CCCC2. The maximum atomic E-state index is 2.65. The van der Waals surface area contributed by atoms with E-state index in [1.165, 1.54) is 72.2 Å². The lowest BCUT2D eigenvalue weighted by Gasteiger charge is -2.44. The summed E-state index contributed by atoms with van der Waals surface area (Å²) in [6.45, 7) is 2.65. The topological polar surface area (TPSA) is 6.48 Å². The van der Waals surface area contributed by atoms with Gasteiger partial charge in [0.1, 0.15) is 0 Å². The Morgan fingerprint density at radius 2 is 1.10 bits per heavy atom. The van der Waals surface area contributed by atoms with Crippen molar-refractivity contribution in [2.24, 2.45) is 0 Å². The Bertz CT molecular complexity index is 1070. The van der Waals surface area contributed by atoms with Crippen molar-refractivity contribution < 1.29 is 0 Å². The lowest BCUT2D eigenvalue weighted by Crippen LogP contribution is -2.62. The smallest absolute Gasteiger partial charge is 0.252 e. The van der Waals surface area contributed by atoms with Crippen LogP contribution >= 0.6 is 0 Å². The Morgan fingerprint density at radius 3 is 1.66 bits per heavy atom. The number of benzene rings is 3. The number of fused-ring (bicyclic) bond motifs is 4. The molecule has 142 valence electrons. The van der Waals surface area contributed by atoms with E-state index < -0.39 is 0 Å². The number of aryl methyl sites for hydroxylation is 2. The van der Waals surface area contributed by atoms with Gasteiger partial charge in [0.25, 0.3) is 6.71 Å². The fourth-order valence-corrected chi connectivity index (χ4v) is 6.41. The van der Waals surface area contributed by atoms with Crippen molar-refractivity contribution in [3.63, 3.8) is 0 Å². The predicted octanol–water partition coefficient (Wildman–Crippen LogP) is 3.78. The molecule has 2 nitrogen and oxygen atoms in total. The quantitative estimate of drug-likeness (QED) is 0.551. The molecular weight excluding hydrogens is 351 g/mol. The largest absolute Gasteiger partial charge is 0.342 e. The highest BCUT2D eigenvalue weighted by molar-refractivity contribution is 7.00. The second-order valence-corrected chi connectivity index (χ2v) is 9.07. The summed E-state index contributed by atoms with van der Waals surface area (Å²) in [5.74, 6) is 0. The first-order chi connectivity index (χ1) is 14.4. The van der Waals surface area contributed by atoms with Crippen LogP contribution in [0.4, 0.5) is 22.7 Å². The van der Waals surface area contributed by atoms with Crippen LogP contribution in [-0.4, -0.2) is 19.8 Å². The Hall–Kier alpha value is -2.68. The first-order valence-electron chi connectivity index (χ1n) is 11.3. The van der Waals surface area contributed by atoms with Gasteiger partial charge in [-0.25, -0.2) is 0 Å². The molecule has 0 radical (unpaired) electrons. The van der Waals surface area contributed by atoms with E-state index >= 15 is 0 Å². The van der Waals surface area contributed by atoms with Crippen LogP contribution in [0.3, 0.4) is 0 Å². The van der Waals surface area contributed by atoms with E-state index in [-0.39, 0.29) is 0 Å². The molecule has 0 saturated heterocycles. The maximum Gasteiger partial charge on any atom is 0.252 e. The number of nitrogens with zero attached hydrogens (tertiary/aromatic N) is 2. The van der Waals surface area contributed by atoms with Gasteiger partial charge >= 0.3 is 0 Å². The first kappa shape index (κ1) is 16.2. The van der Waals surface area contributed by atoms with Crippen LogP contribution in [0, 0.1) is 0 Å². The molecule has 3 aromatic rings. The summed E-state index contributed by atoms with van der Waals surface area (Å²) in [6.07, 6.45) is 7.54. The second-order valence-electron chi connectivity index (χ2n) is 9.07. The lowest BCUT2D eigenvalue weighted by molar-refractivity contribution is 0.759. The molecule has 0 aliphatic carbocycles. The van der Waals surface area contributed by atoms with Gasteiger partial charge < -0.3 is 9.80 Å². The zero-order valence-corrected chi connectivity index (χ0v) is 16.8. The summed E-state index contributed by atoms with van der Waals surface area (Å²) in [7, 11) is 0. The molecular formula is C26H25BN2. The van der Waals surface area contributed by atoms with Crippen LogP contribution in [-0.2, 0) is 12.8 Å². The summed E-state index contributed by atoms with van der Waals surface area (Å²) in [4.78, 5) is 5.30. The van der Waals surface area contributed by atoms with Gasteiger partial charge in [-0.3, -0.25) is 0 Å². The van der Waals surface area contributed by atoms with Crippen LogP contribution in [0.5, 0.6) is 0 Å². The standard InChI is InChI=1S/C26H25BN2/c1-3-16-28-22-14-7-15-23-24(22)27(20-12-5-10-18(8-1)25(20)28)21-13-6-11-19-9-2-4-17-29(23)26(19)21/h5-7,10-15H,1-4,8-9,16-17H2. The maximum absolute atomic E-state index is 2.65. The van der Waals surface area contributed by atoms with E-state index in [4.69, 9.17) is 0 Å². The molecule has 29 heavy (non-hydrogen) atoms. The van der Waals surface area contributed by atoms with Gasteiger partial charge in [-0.1, -0.05) is 42.5 Å². The van der Waals surface area contributed by atoms with Crippen LogP contribution < -0.4 is 26.2 Å². The lowest BCUT2D eigenvalue weighted by atomic mass is 9.33. The Kier molecular flexibility index (Phi) is 3.30. The van der Waals surface area contributed by atoms with E-state index in [1.807, 2.05) is 0 Å². The third kappa shape index (κ3) is 2.08. The molecule has 0 bridgehead atoms. The number of hydrogen-bond donors (Lipinski definition) is 0. The molecule has 0 N–H and O–H groups in total. The molecule has 0 unspecified atom stereocenters. The van der Waals surface area contributed by atoms with Crippen molar-refractivity contribution in [3.05, 3.63) is 65.7 Å². The van der Waals surface area contributed by atoms with E-state index in [9.17, 15) is 0 Å². The highest BCUT2D eigenvalue weighted by atomic mass is 15.2. The molecule has 3 aromatic carbocycles. The van der Waals surface area contributed by atoms with Crippen LogP contribution in [0.1, 0.15) is 36.8 Å².